The van der Waals surface area contributed by atoms with Gasteiger partial charge in [-0.05, 0) is 42.8 Å². The minimum atomic E-state index is -0.349. The van der Waals surface area contributed by atoms with Crippen LogP contribution in [0.3, 0.4) is 0 Å². The summed E-state index contributed by atoms with van der Waals surface area (Å²) in [5.74, 6) is 1.11. The zero-order chi connectivity index (χ0) is 24.8. The molecule has 0 saturated heterocycles. The van der Waals surface area contributed by atoms with Crippen LogP contribution in [0.5, 0.6) is 11.5 Å². The molecule has 0 unspecified atom stereocenters. The molecule has 0 aliphatic rings. The van der Waals surface area contributed by atoms with E-state index >= 15 is 0 Å². The summed E-state index contributed by atoms with van der Waals surface area (Å²) in [4.78, 5) is 18.0. The summed E-state index contributed by atoms with van der Waals surface area (Å²) in [6.07, 6.45) is 3.99. The fraction of sp³-hybridized carbons (Fsp3) is 0.222. The summed E-state index contributed by atoms with van der Waals surface area (Å²) >= 11 is 3.42. The predicted octanol–water partition coefficient (Wildman–Crippen LogP) is 6.11. The highest BCUT2D eigenvalue weighted by Crippen LogP contribution is 2.31. The molecule has 4 rings (SSSR count). The van der Waals surface area contributed by atoms with E-state index < -0.39 is 0 Å². The lowest BCUT2D eigenvalue weighted by molar-refractivity contribution is 0.279. The van der Waals surface area contributed by atoms with Gasteiger partial charge in [0.2, 0.25) is 0 Å². The third-order valence-electron chi connectivity index (χ3n) is 5.50. The first-order valence-corrected chi connectivity index (χ1v) is 12.1. The molecule has 0 atom stereocenters. The molecule has 1 aromatic heterocycles. The molecule has 1 heterocycles. The maximum absolute atomic E-state index is 14.1. The molecule has 35 heavy (non-hydrogen) atoms. The first kappa shape index (κ1) is 24.6. The average Bonchev–Trinajstić information content (AvgIpc) is 2.87. The van der Waals surface area contributed by atoms with Gasteiger partial charge in [-0.25, -0.2) is 9.37 Å². The molecule has 0 spiro atoms. The summed E-state index contributed by atoms with van der Waals surface area (Å²) in [5.41, 5.74) is 1.38. The molecule has 0 aliphatic heterocycles. The SMILES string of the molecule is CCCCc1nc2ccc(Br)cc2c(=O)n1N=Cc1cccc(OC)c1OCc1ccccc1F. The van der Waals surface area contributed by atoms with Crippen molar-refractivity contribution in [3.63, 3.8) is 0 Å². The average molecular weight is 538 g/mol. The molecule has 0 fully saturated rings. The number of rotatable bonds is 9. The third kappa shape index (κ3) is 5.59. The van der Waals surface area contributed by atoms with Crippen LogP contribution in [0, 0.1) is 5.82 Å². The van der Waals surface area contributed by atoms with Gasteiger partial charge < -0.3 is 9.47 Å². The molecule has 6 nitrogen and oxygen atoms in total. The summed E-state index contributed by atoms with van der Waals surface area (Å²) in [5, 5.41) is 4.98. The molecule has 0 bridgehead atoms. The number of hydrogen-bond acceptors (Lipinski definition) is 5. The van der Waals surface area contributed by atoms with E-state index in [1.165, 1.54) is 17.9 Å². The van der Waals surface area contributed by atoms with Crippen LogP contribution in [0.2, 0.25) is 0 Å². The number of hydrogen-bond donors (Lipinski definition) is 0. The van der Waals surface area contributed by atoms with E-state index in [-0.39, 0.29) is 18.0 Å². The summed E-state index contributed by atoms with van der Waals surface area (Å²) < 4.78 is 27.7. The Hall–Kier alpha value is -3.52. The highest BCUT2D eigenvalue weighted by Gasteiger charge is 2.14. The normalized spacial score (nSPS) is 11.3. The lowest BCUT2D eigenvalue weighted by atomic mass is 10.2. The van der Waals surface area contributed by atoms with Crippen molar-refractivity contribution in [2.75, 3.05) is 7.11 Å². The van der Waals surface area contributed by atoms with Gasteiger partial charge in [0.15, 0.2) is 11.5 Å². The van der Waals surface area contributed by atoms with Gasteiger partial charge in [0.1, 0.15) is 18.2 Å². The molecule has 4 aromatic rings. The Morgan fingerprint density at radius 1 is 1.14 bits per heavy atom. The van der Waals surface area contributed by atoms with Crippen molar-refractivity contribution in [3.8, 4) is 11.5 Å². The molecule has 0 aliphatic carbocycles. The van der Waals surface area contributed by atoms with Crippen LogP contribution in [0.4, 0.5) is 4.39 Å². The third-order valence-corrected chi connectivity index (χ3v) is 5.99. The van der Waals surface area contributed by atoms with Crippen molar-refractivity contribution in [1.29, 1.82) is 0 Å². The van der Waals surface area contributed by atoms with Crippen LogP contribution in [0.25, 0.3) is 10.9 Å². The molecular formula is C27H25BrFN3O3. The number of ether oxygens (including phenoxy) is 2. The first-order valence-electron chi connectivity index (χ1n) is 11.3. The number of aromatic nitrogens is 2. The zero-order valence-corrected chi connectivity index (χ0v) is 21.1. The van der Waals surface area contributed by atoms with Crippen LogP contribution in [0.15, 0.2) is 75.0 Å². The van der Waals surface area contributed by atoms with E-state index in [9.17, 15) is 9.18 Å². The topological polar surface area (TPSA) is 65.7 Å². The Bertz CT molecular complexity index is 1440. The molecule has 3 aromatic carbocycles. The van der Waals surface area contributed by atoms with E-state index in [1.807, 2.05) is 12.1 Å². The number of unbranched alkanes of at least 4 members (excludes halogenated alkanes) is 1. The molecule has 0 amide bonds. The monoisotopic (exact) mass is 537 g/mol. The Kier molecular flexibility index (Phi) is 7.92. The second kappa shape index (κ2) is 11.3. The molecule has 0 saturated carbocycles. The van der Waals surface area contributed by atoms with Gasteiger partial charge in [-0.3, -0.25) is 4.79 Å². The van der Waals surface area contributed by atoms with Gasteiger partial charge in [0.05, 0.1) is 24.2 Å². The fourth-order valence-electron chi connectivity index (χ4n) is 3.65. The standard InChI is InChI=1S/C27H25BrFN3O3/c1-3-4-12-25-31-23-14-13-20(28)15-21(23)27(33)32(25)30-16-18-9-7-11-24(34-2)26(18)35-17-19-8-5-6-10-22(19)29/h5-11,13-16H,3-4,12,17H2,1-2H3. The highest BCUT2D eigenvalue weighted by molar-refractivity contribution is 9.10. The summed E-state index contributed by atoms with van der Waals surface area (Å²) in [6.45, 7) is 2.10. The van der Waals surface area contributed by atoms with Gasteiger partial charge >= 0.3 is 0 Å². The molecular weight excluding hydrogens is 513 g/mol. The van der Waals surface area contributed by atoms with Gasteiger partial charge in [0.25, 0.3) is 5.56 Å². The number of aryl methyl sites for hydroxylation is 1. The van der Waals surface area contributed by atoms with Crippen LogP contribution >= 0.6 is 15.9 Å². The number of nitrogens with zero attached hydrogens (tertiary/aromatic N) is 3. The number of methoxy groups -OCH3 is 1. The van der Waals surface area contributed by atoms with E-state index in [4.69, 9.17) is 14.5 Å². The van der Waals surface area contributed by atoms with Crippen molar-refractivity contribution in [2.45, 2.75) is 32.8 Å². The minimum absolute atomic E-state index is 0.0150. The van der Waals surface area contributed by atoms with Gasteiger partial charge in [-0.15, -0.1) is 0 Å². The van der Waals surface area contributed by atoms with Gasteiger partial charge in [-0.1, -0.05) is 53.5 Å². The van der Waals surface area contributed by atoms with Crippen molar-refractivity contribution in [1.82, 2.24) is 9.66 Å². The van der Waals surface area contributed by atoms with E-state index in [0.29, 0.717) is 45.8 Å². The van der Waals surface area contributed by atoms with Gasteiger partial charge in [-0.2, -0.15) is 9.78 Å². The Labute approximate surface area is 211 Å². The van der Waals surface area contributed by atoms with Crippen LogP contribution in [0.1, 0.15) is 36.7 Å². The number of halogens is 2. The van der Waals surface area contributed by atoms with Crippen molar-refractivity contribution in [2.24, 2.45) is 5.10 Å². The lowest BCUT2D eigenvalue weighted by Crippen LogP contribution is -2.22. The number of fused-ring (bicyclic) bond motifs is 1. The zero-order valence-electron chi connectivity index (χ0n) is 19.5. The second-order valence-electron chi connectivity index (χ2n) is 7.91. The second-order valence-corrected chi connectivity index (χ2v) is 8.83. The van der Waals surface area contributed by atoms with Crippen LogP contribution < -0.4 is 15.0 Å². The Morgan fingerprint density at radius 2 is 1.97 bits per heavy atom. The molecule has 0 radical (unpaired) electrons. The Balaban J connectivity index is 1.75. The summed E-state index contributed by atoms with van der Waals surface area (Å²) in [7, 11) is 1.53. The molecule has 0 N–H and O–H groups in total. The number of para-hydroxylation sites is 1. The first-order chi connectivity index (χ1) is 17.0. The largest absolute Gasteiger partial charge is 0.493 e. The fourth-order valence-corrected chi connectivity index (χ4v) is 4.01. The minimum Gasteiger partial charge on any atom is -0.493 e. The smallest absolute Gasteiger partial charge is 0.282 e. The lowest BCUT2D eigenvalue weighted by Gasteiger charge is -2.14. The van der Waals surface area contributed by atoms with Gasteiger partial charge in [0, 0.05) is 22.0 Å². The Morgan fingerprint density at radius 3 is 2.74 bits per heavy atom. The van der Waals surface area contributed by atoms with Crippen LogP contribution in [-0.2, 0) is 13.0 Å². The summed E-state index contributed by atoms with van der Waals surface area (Å²) in [6, 6.07) is 17.2. The van der Waals surface area contributed by atoms with Crippen molar-refractivity contribution >= 4 is 33.0 Å². The highest BCUT2D eigenvalue weighted by atomic mass is 79.9. The van der Waals surface area contributed by atoms with Crippen molar-refractivity contribution in [3.05, 3.63) is 98.3 Å². The number of benzene rings is 3. The quantitative estimate of drug-likeness (QED) is 0.241. The maximum atomic E-state index is 14.1. The van der Waals surface area contributed by atoms with E-state index in [0.717, 1.165) is 17.3 Å². The molecule has 180 valence electrons. The molecule has 8 heteroatoms. The predicted molar refractivity (Wildman–Crippen MR) is 139 cm³/mol. The maximum Gasteiger partial charge on any atom is 0.282 e. The van der Waals surface area contributed by atoms with E-state index in [1.54, 1.807) is 48.7 Å². The van der Waals surface area contributed by atoms with E-state index in [2.05, 4.69) is 28.0 Å². The van der Waals surface area contributed by atoms with Crippen molar-refractivity contribution < 1.29 is 13.9 Å². The van der Waals surface area contributed by atoms with Crippen LogP contribution in [-0.4, -0.2) is 23.0 Å².